The van der Waals surface area contributed by atoms with Crippen molar-refractivity contribution in [3.8, 4) is 5.75 Å². The first kappa shape index (κ1) is 15.0. The van der Waals surface area contributed by atoms with Crippen molar-refractivity contribution in [3.05, 3.63) is 28.2 Å². The highest BCUT2D eigenvalue weighted by atomic mass is 35.5. The van der Waals surface area contributed by atoms with Crippen LogP contribution in [0, 0.1) is 0 Å². The summed E-state index contributed by atoms with van der Waals surface area (Å²) in [6, 6.07) is 4.80. The molecule has 0 saturated heterocycles. The lowest BCUT2D eigenvalue weighted by atomic mass is 10.3. The van der Waals surface area contributed by atoms with Crippen molar-refractivity contribution < 1.29 is 14.4 Å². The van der Waals surface area contributed by atoms with Crippen molar-refractivity contribution in [2.45, 2.75) is 6.42 Å². The summed E-state index contributed by atoms with van der Waals surface area (Å²) in [6.45, 7) is 0.767. The Morgan fingerprint density at radius 1 is 1.39 bits per heavy atom. The third-order valence-corrected chi connectivity index (χ3v) is 2.54. The first-order valence-corrected chi connectivity index (χ1v) is 6.05. The number of carbonyl (C=O) groups excluding carboxylic acids is 1. The Bertz CT molecular complexity index is 402. The molecule has 0 unspecified atom stereocenters. The van der Waals surface area contributed by atoms with E-state index in [9.17, 15) is 4.79 Å². The van der Waals surface area contributed by atoms with E-state index in [1.165, 1.54) is 0 Å². The predicted molar refractivity (Wildman–Crippen MR) is 69.7 cm³/mol. The van der Waals surface area contributed by atoms with Gasteiger partial charge in [-0.2, -0.15) is 0 Å². The van der Waals surface area contributed by atoms with Crippen LogP contribution < -0.4 is 16.0 Å². The van der Waals surface area contributed by atoms with Crippen molar-refractivity contribution in [2.75, 3.05) is 19.8 Å². The standard InChI is InChI=1S/C11H14Cl2N2O3/c12-8-2-3-10(9(13)6-8)17-7-11(16)15-4-1-5-18-14/h2-3,6H,1,4-5,7,14H2,(H,15,16). The van der Waals surface area contributed by atoms with Crippen molar-refractivity contribution in [2.24, 2.45) is 5.90 Å². The SMILES string of the molecule is NOCCCNC(=O)COc1ccc(Cl)cc1Cl. The van der Waals surface area contributed by atoms with Crippen LogP contribution in [0.3, 0.4) is 0 Å². The van der Waals surface area contributed by atoms with Crippen LogP contribution >= 0.6 is 23.2 Å². The highest BCUT2D eigenvalue weighted by Crippen LogP contribution is 2.27. The molecule has 0 bridgehead atoms. The largest absolute Gasteiger partial charge is 0.482 e. The van der Waals surface area contributed by atoms with Crippen LogP contribution in [0.5, 0.6) is 5.75 Å². The Morgan fingerprint density at radius 3 is 2.83 bits per heavy atom. The van der Waals surface area contributed by atoms with E-state index in [0.29, 0.717) is 35.4 Å². The number of benzene rings is 1. The van der Waals surface area contributed by atoms with Crippen LogP contribution in [-0.2, 0) is 9.63 Å². The Kier molecular flexibility index (Phi) is 6.82. The molecule has 3 N–H and O–H groups in total. The summed E-state index contributed by atoms with van der Waals surface area (Å²) < 4.78 is 5.25. The number of ether oxygens (including phenoxy) is 1. The van der Waals surface area contributed by atoms with Crippen LogP contribution in [0.25, 0.3) is 0 Å². The van der Waals surface area contributed by atoms with Crippen molar-refractivity contribution in [1.82, 2.24) is 5.32 Å². The zero-order valence-corrected chi connectivity index (χ0v) is 11.1. The van der Waals surface area contributed by atoms with Gasteiger partial charge in [-0.1, -0.05) is 23.2 Å². The van der Waals surface area contributed by atoms with E-state index in [2.05, 4.69) is 10.2 Å². The Morgan fingerprint density at radius 2 is 2.17 bits per heavy atom. The van der Waals surface area contributed by atoms with Crippen molar-refractivity contribution in [3.63, 3.8) is 0 Å². The number of halogens is 2. The minimum Gasteiger partial charge on any atom is -0.482 e. The molecule has 1 aromatic carbocycles. The molecule has 0 aliphatic carbocycles. The maximum absolute atomic E-state index is 11.4. The van der Waals surface area contributed by atoms with Gasteiger partial charge in [-0.05, 0) is 24.6 Å². The number of carbonyl (C=O) groups is 1. The molecule has 5 nitrogen and oxygen atoms in total. The van der Waals surface area contributed by atoms with Crippen molar-refractivity contribution in [1.29, 1.82) is 0 Å². The fraction of sp³-hybridized carbons (Fsp3) is 0.364. The van der Waals surface area contributed by atoms with Gasteiger partial charge in [0, 0.05) is 11.6 Å². The zero-order chi connectivity index (χ0) is 13.4. The number of nitrogens with one attached hydrogen (secondary N) is 1. The average Bonchev–Trinajstić information content (AvgIpc) is 2.33. The molecule has 0 atom stereocenters. The van der Waals surface area contributed by atoms with Gasteiger partial charge in [0.15, 0.2) is 6.61 Å². The zero-order valence-electron chi connectivity index (χ0n) is 9.62. The molecule has 0 spiro atoms. The average molecular weight is 293 g/mol. The van der Waals surface area contributed by atoms with Gasteiger partial charge in [0.05, 0.1) is 11.6 Å². The third-order valence-electron chi connectivity index (χ3n) is 2.01. The lowest BCUT2D eigenvalue weighted by Crippen LogP contribution is -2.30. The number of nitrogens with two attached hydrogens (primary N) is 1. The van der Waals surface area contributed by atoms with Gasteiger partial charge in [0.2, 0.25) is 0 Å². The molecule has 1 amide bonds. The molecule has 0 heterocycles. The van der Waals surface area contributed by atoms with E-state index in [0.717, 1.165) is 0 Å². The summed E-state index contributed by atoms with van der Waals surface area (Å²) in [6.07, 6.45) is 0.643. The van der Waals surface area contributed by atoms with Gasteiger partial charge in [0.1, 0.15) is 5.75 Å². The van der Waals surface area contributed by atoms with Gasteiger partial charge in [0.25, 0.3) is 5.91 Å². The van der Waals surface area contributed by atoms with E-state index in [4.69, 9.17) is 33.8 Å². The third kappa shape index (κ3) is 5.55. The Hall–Kier alpha value is -1.01. The van der Waals surface area contributed by atoms with Crippen LogP contribution in [0.15, 0.2) is 18.2 Å². The number of amides is 1. The first-order chi connectivity index (χ1) is 8.63. The second-order valence-electron chi connectivity index (χ2n) is 3.44. The molecular formula is C11H14Cl2N2O3. The molecule has 0 aliphatic heterocycles. The highest BCUT2D eigenvalue weighted by molar-refractivity contribution is 6.35. The van der Waals surface area contributed by atoms with Crippen LogP contribution in [0.4, 0.5) is 0 Å². The first-order valence-electron chi connectivity index (χ1n) is 5.29. The van der Waals surface area contributed by atoms with Crippen molar-refractivity contribution >= 4 is 29.1 Å². The molecule has 1 aromatic rings. The maximum Gasteiger partial charge on any atom is 0.257 e. The Labute approximate surface area is 115 Å². The molecular weight excluding hydrogens is 279 g/mol. The second kappa shape index (κ2) is 8.16. The number of rotatable bonds is 7. The molecule has 0 radical (unpaired) electrons. The summed E-state index contributed by atoms with van der Waals surface area (Å²) in [5.74, 6) is 5.03. The van der Waals surface area contributed by atoms with E-state index in [1.807, 2.05) is 0 Å². The minimum absolute atomic E-state index is 0.106. The molecule has 0 fully saturated rings. The molecule has 0 saturated carbocycles. The van der Waals surface area contributed by atoms with E-state index in [-0.39, 0.29) is 12.5 Å². The van der Waals surface area contributed by atoms with Crippen LogP contribution in [-0.4, -0.2) is 25.7 Å². The highest BCUT2D eigenvalue weighted by Gasteiger charge is 2.05. The smallest absolute Gasteiger partial charge is 0.257 e. The van der Waals surface area contributed by atoms with E-state index in [1.54, 1.807) is 18.2 Å². The second-order valence-corrected chi connectivity index (χ2v) is 4.28. The fourth-order valence-corrected chi connectivity index (χ4v) is 1.63. The normalized spacial score (nSPS) is 10.2. The monoisotopic (exact) mass is 292 g/mol. The maximum atomic E-state index is 11.4. The Balaban J connectivity index is 2.29. The predicted octanol–water partition coefficient (Wildman–Crippen LogP) is 1.77. The summed E-state index contributed by atoms with van der Waals surface area (Å²) in [5, 5.41) is 3.53. The molecule has 0 aromatic heterocycles. The molecule has 0 aliphatic rings. The van der Waals surface area contributed by atoms with Gasteiger partial charge < -0.3 is 14.9 Å². The van der Waals surface area contributed by atoms with Gasteiger partial charge in [-0.25, -0.2) is 5.90 Å². The molecule has 18 heavy (non-hydrogen) atoms. The van der Waals surface area contributed by atoms with E-state index >= 15 is 0 Å². The summed E-state index contributed by atoms with van der Waals surface area (Å²) in [7, 11) is 0. The molecule has 7 heteroatoms. The topological polar surface area (TPSA) is 73.6 Å². The number of hydrogen-bond donors (Lipinski definition) is 2. The fourth-order valence-electron chi connectivity index (χ4n) is 1.17. The quantitative estimate of drug-likeness (QED) is 0.593. The number of hydrogen-bond acceptors (Lipinski definition) is 4. The molecule has 1 rings (SSSR count). The van der Waals surface area contributed by atoms with Gasteiger partial charge in [-0.3, -0.25) is 4.79 Å². The van der Waals surface area contributed by atoms with Crippen LogP contribution in [0.1, 0.15) is 6.42 Å². The summed E-state index contributed by atoms with van der Waals surface area (Å²) in [5.41, 5.74) is 0. The lowest BCUT2D eigenvalue weighted by molar-refractivity contribution is -0.123. The summed E-state index contributed by atoms with van der Waals surface area (Å²) in [4.78, 5) is 15.7. The summed E-state index contributed by atoms with van der Waals surface area (Å²) >= 11 is 11.6. The van der Waals surface area contributed by atoms with Gasteiger partial charge >= 0.3 is 0 Å². The van der Waals surface area contributed by atoms with Gasteiger partial charge in [-0.15, -0.1) is 0 Å². The lowest BCUT2D eigenvalue weighted by Gasteiger charge is -2.08. The van der Waals surface area contributed by atoms with E-state index < -0.39 is 0 Å². The van der Waals surface area contributed by atoms with Crippen LogP contribution in [0.2, 0.25) is 10.0 Å². The molecule has 100 valence electrons. The minimum atomic E-state index is -0.238.